The lowest BCUT2D eigenvalue weighted by atomic mass is 10.3. The molecule has 102 valence electrons. The number of aromatic nitrogens is 3. The Bertz CT molecular complexity index is 809. The molecule has 3 N–H and O–H groups in total. The smallest absolute Gasteiger partial charge is 0.280 e. The lowest BCUT2D eigenvalue weighted by Crippen LogP contribution is -2.14. The highest BCUT2D eigenvalue weighted by molar-refractivity contribution is 7.22. The van der Waals surface area contributed by atoms with Gasteiger partial charge in [0.1, 0.15) is 0 Å². The molecule has 0 unspecified atom stereocenters. The summed E-state index contributed by atoms with van der Waals surface area (Å²) in [7, 11) is 1.70. The van der Waals surface area contributed by atoms with Gasteiger partial charge in [-0.25, -0.2) is 4.98 Å². The minimum atomic E-state index is -0.381. The highest BCUT2D eigenvalue weighted by Gasteiger charge is 2.16. The van der Waals surface area contributed by atoms with Gasteiger partial charge in [0, 0.05) is 18.3 Å². The van der Waals surface area contributed by atoms with Gasteiger partial charge in [-0.1, -0.05) is 22.9 Å². The number of aryl methyl sites for hydroxylation is 1. The average molecular weight is 308 g/mol. The van der Waals surface area contributed by atoms with Crippen molar-refractivity contribution in [1.82, 2.24) is 14.8 Å². The van der Waals surface area contributed by atoms with Crippen molar-refractivity contribution in [2.75, 3.05) is 11.1 Å². The fourth-order valence-corrected chi connectivity index (χ4v) is 2.93. The summed E-state index contributed by atoms with van der Waals surface area (Å²) < 4.78 is 2.39. The molecule has 2 heterocycles. The molecular weight excluding hydrogens is 298 g/mol. The summed E-state index contributed by atoms with van der Waals surface area (Å²) in [6.07, 6.45) is 1.58. The molecule has 0 aliphatic carbocycles. The van der Waals surface area contributed by atoms with E-state index in [-0.39, 0.29) is 11.6 Å². The number of carbonyl (C=O) groups is 1. The Hall–Kier alpha value is -2.12. The lowest BCUT2D eigenvalue weighted by molar-refractivity contribution is 0.102. The largest absolute Gasteiger partial charge is 0.396 e. The van der Waals surface area contributed by atoms with Gasteiger partial charge >= 0.3 is 0 Å². The summed E-state index contributed by atoms with van der Waals surface area (Å²) >= 11 is 7.26. The third-order valence-corrected chi connectivity index (χ3v) is 3.81. The van der Waals surface area contributed by atoms with Crippen LogP contribution in [0.3, 0.4) is 0 Å². The van der Waals surface area contributed by atoms with Gasteiger partial charge in [0.2, 0.25) is 0 Å². The molecule has 0 fully saturated rings. The Morgan fingerprint density at radius 2 is 2.30 bits per heavy atom. The fraction of sp³-hybridized carbons (Fsp3) is 0.0833. The second kappa shape index (κ2) is 4.77. The van der Waals surface area contributed by atoms with Gasteiger partial charge in [-0.15, -0.1) is 0 Å². The van der Waals surface area contributed by atoms with Crippen LogP contribution in [0, 0.1) is 0 Å². The molecule has 6 nitrogen and oxygen atoms in total. The van der Waals surface area contributed by atoms with E-state index in [2.05, 4.69) is 15.4 Å². The van der Waals surface area contributed by atoms with Crippen LogP contribution >= 0.6 is 22.9 Å². The zero-order valence-corrected chi connectivity index (χ0v) is 12.0. The summed E-state index contributed by atoms with van der Waals surface area (Å²) in [6.45, 7) is 0. The van der Waals surface area contributed by atoms with Gasteiger partial charge in [-0.2, -0.15) is 5.10 Å². The monoisotopic (exact) mass is 307 g/mol. The van der Waals surface area contributed by atoms with Crippen LogP contribution in [0.4, 0.5) is 10.8 Å². The molecule has 0 aliphatic heterocycles. The Balaban J connectivity index is 1.89. The first-order chi connectivity index (χ1) is 9.52. The van der Waals surface area contributed by atoms with Crippen molar-refractivity contribution in [2.45, 2.75) is 0 Å². The topological polar surface area (TPSA) is 85.8 Å². The number of rotatable bonds is 2. The molecule has 0 saturated heterocycles. The van der Waals surface area contributed by atoms with E-state index in [0.717, 1.165) is 10.2 Å². The van der Waals surface area contributed by atoms with E-state index in [9.17, 15) is 4.79 Å². The molecule has 0 atom stereocenters. The predicted molar refractivity (Wildman–Crippen MR) is 80.2 cm³/mol. The molecule has 3 rings (SSSR count). The van der Waals surface area contributed by atoms with E-state index in [0.29, 0.717) is 15.8 Å². The number of nitrogens with one attached hydrogen (secondary N) is 1. The quantitative estimate of drug-likeness (QED) is 0.761. The number of hydrogen-bond donors (Lipinski definition) is 2. The maximum Gasteiger partial charge on any atom is 0.280 e. The minimum Gasteiger partial charge on any atom is -0.396 e. The minimum absolute atomic E-state index is 0.185. The van der Waals surface area contributed by atoms with E-state index in [1.165, 1.54) is 16.0 Å². The molecule has 0 spiro atoms. The van der Waals surface area contributed by atoms with E-state index in [1.54, 1.807) is 31.4 Å². The molecule has 0 saturated carbocycles. The summed E-state index contributed by atoms with van der Waals surface area (Å²) in [5.74, 6) is -0.381. The Labute approximate surface area is 123 Å². The molecule has 3 aromatic rings. The van der Waals surface area contributed by atoms with Crippen molar-refractivity contribution in [3.05, 3.63) is 35.1 Å². The number of nitrogen functional groups attached to an aromatic ring is 1. The van der Waals surface area contributed by atoms with Crippen molar-refractivity contribution < 1.29 is 4.79 Å². The molecule has 0 bridgehead atoms. The summed E-state index contributed by atoms with van der Waals surface area (Å²) in [5, 5.41) is 7.82. The third kappa shape index (κ3) is 2.33. The normalized spacial score (nSPS) is 10.9. The number of thiazole rings is 1. The Morgan fingerprint density at radius 1 is 1.50 bits per heavy atom. The molecule has 2 aromatic heterocycles. The van der Waals surface area contributed by atoms with Crippen molar-refractivity contribution in [3.63, 3.8) is 0 Å². The number of benzene rings is 1. The van der Waals surface area contributed by atoms with Gasteiger partial charge in [0.05, 0.1) is 15.9 Å². The number of carbonyl (C=O) groups excluding carboxylic acids is 1. The van der Waals surface area contributed by atoms with Gasteiger partial charge in [0.15, 0.2) is 10.8 Å². The second-order valence-corrected chi connectivity index (χ2v) is 5.66. The van der Waals surface area contributed by atoms with Crippen LogP contribution in [0.1, 0.15) is 10.5 Å². The first kappa shape index (κ1) is 12.9. The molecule has 20 heavy (non-hydrogen) atoms. The van der Waals surface area contributed by atoms with Crippen LogP contribution in [0.2, 0.25) is 5.02 Å². The van der Waals surface area contributed by atoms with Gasteiger partial charge in [-0.3, -0.25) is 14.8 Å². The van der Waals surface area contributed by atoms with Crippen molar-refractivity contribution in [2.24, 2.45) is 7.05 Å². The van der Waals surface area contributed by atoms with Gasteiger partial charge in [-0.05, 0) is 18.2 Å². The average Bonchev–Trinajstić information content (AvgIpc) is 2.91. The first-order valence-electron chi connectivity index (χ1n) is 5.69. The highest BCUT2D eigenvalue weighted by atomic mass is 35.5. The summed E-state index contributed by atoms with van der Waals surface area (Å²) in [6, 6.07) is 5.37. The molecule has 1 amide bonds. The van der Waals surface area contributed by atoms with Crippen LogP contribution in [0.25, 0.3) is 10.2 Å². The Kier molecular flexibility index (Phi) is 3.07. The number of nitrogens with zero attached hydrogens (tertiary/aromatic N) is 3. The third-order valence-electron chi connectivity index (χ3n) is 2.64. The van der Waals surface area contributed by atoms with Crippen LogP contribution in [-0.4, -0.2) is 20.7 Å². The number of anilines is 2. The van der Waals surface area contributed by atoms with Gasteiger partial charge < -0.3 is 5.73 Å². The Morgan fingerprint density at radius 3 is 3.00 bits per heavy atom. The fourth-order valence-electron chi connectivity index (χ4n) is 1.79. The number of amides is 1. The van der Waals surface area contributed by atoms with E-state index in [4.69, 9.17) is 17.3 Å². The first-order valence-corrected chi connectivity index (χ1v) is 6.89. The number of fused-ring (bicyclic) bond motifs is 1. The van der Waals surface area contributed by atoms with Crippen molar-refractivity contribution >= 4 is 49.9 Å². The second-order valence-electron chi connectivity index (χ2n) is 4.19. The number of hydrogen-bond acceptors (Lipinski definition) is 5. The van der Waals surface area contributed by atoms with E-state index in [1.807, 2.05) is 0 Å². The standard InChI is InChI=1S/C12H10ClN5OS/c1-18-5-7(14)10(17-18)11(19)16-12-15-8-3-2-6(13)4-9(8)20-12/h2-5H,14H2,1H3,(H,15,16,19). The molecule has 0 radical (unpaired) electrons. The predicted octanol–water partition coefficient (Wildman–Crippen LogP) is 2.52. The maximum absolute atomic E-state index is 12.1. The zero-order valence-electron chi connectivity index (χ0n) is 10.4. The van der Waals surface area contributed by atoms with Crippen LogP contribution < -0.4 is 11.1 Å². The van der Waals surface area contributed by atoms with Gasteiger partial charge in [0.25, 0.3) is 5.91 Å². The number of halogens is 1. The van der Waals surface area contributed by atoms with Crippen LogP contribution in [0.5, 0.6) is 0 Å². The van der Waals surface area contributed by atoms with Crippen LogP contribution in [0.15, 0.2) is 24.4 Å². The summed E-state index contributed by atoms with van der Waals surface area (Å²) in [5.41, 5.74) is 7.01. The SMILES string of the molecule is Cn1cc(N)c(C(=O)Nc2nc3ccc(Cl)cc3s2)n1. The highest BCUT2D eigenvalue weighted by Crippen LogP contribution is 2.28. The molecule has 0 aliphatic rings. The maximum atomic E-state index is 12.1. The molecular formula is C12H10ClN5OS. The lowest BCUT2D eigenvalue weighted by Gasteiger charge is -1.98. The van der Waals surface area contributed by atoms with Crippen LogP contribution in [-0.2, 0) is 7.05 Å². The molecule has 1 aromatic carbocycles. The molecule has 8 heteroatoms. The summed E-state index contributed by atoms with van der Waals surface area (Å²) in [4.78, 5) is 16.4. The number of nitrogens with two attached hydrogens (primary N) is 1. The van der Waals surface area contributed by atoms with Crippen molar-refractivity contribution in [1.29, 1.82) is 0 Å². The van der Waals surface area contributed by atoms with Crippen molar-refractivity contribution in [3.8, 4) is 0 Å². The van der Waals surface area contributed by atoms with E-state index >= 15 is 0 Å². The zero-order chi connectivity index (χ0) is 14.3. The van der Waals surface area contributed by atoms with E-state index < -0.39 is 0 Å².